The smallest absolute Gasteiger partial charge is 0.324 e. The van der Waals surface area contributed by atoms with E-state index < -0.39 is 23.4 Å². The zero-order chi connectivity index (χ0) is 21.8. The predicted molar refractivity (Wildman–Crippen MR) is 110 cm³/mol. The maximum Gasteiger partial charge on any atom is 0.324 e. The molecule has 2 aromatic heterocycles. The first kappa shape index (κ1) is 20.8. The molecule has 0 radical (unpaired) electrons. The van der Waals surface area contributed by atoms with Crippen molar-refractivity contribution in [2.75, 3.05) is 18.4 Å². The van der Waals surface area contributed by atoms with Gasteiger partial charge in [-0.2, -0.15) is 0 Å². The highest BCUT2D eigenvalue weighted by Crippen LogP contribution is 2.60. The van der Waals surface area contributed by atoms with Gasteiger partial charge in [-0.25, -0.2) is 18.6 Å². The lowest BCUT2D eigenvalue weighted by Gasteiger charge is -2.45. The Kier molecular flexibility index (Phi) is 4.89. The fraction of sp³-hybridized carbons (Fsp3) is 0.500. The van der Waals surface area contributed by atoms with Gasteiger partial charge in [0.25, 0.3) is 5.92 Å². The number of aryl methyl sites for hydroxylation is 1. The van der Waals surface area contributed by atoms with Crippen LogP contribution in [0.1, 0.15) is 43.6 Å². The molecule has 2 amide bonds. The minimum Gasteiger partial charge on any atom is -0.324 e. The number of anilines is 1. The van der Waals surface area contributed by atoms with Crippen LogP contribution in [0.4, 0.5) is 18.7 Å². The van der Waals surface area contributed by atoms with Gasteiger partial charge in [0.15, 0.2) is 10.9 Å². The summed E-state index contributed by atoms with van der Waals surface area (Å²) in [5.41, 5.74) is 5.35. The van der Waals surface area contributed by atoms with Crippen molar-refractivity contribution < 1.29 is 18.4 Å². The molecule has 3 N–H and O–H groups in total. The van der Waals surface area contributed by atoms with Crippen LogP contribution in [0.25, 0.3) is 10.4 Å². The number of hydrogen-bond acceptors (Lipinski definition) is 6. The second-order valence-electron chi connectivity index (χ2n) is 8.17. The summed E-state index contributed by atoms with van der Waals surface area (Å²) in [5, 5.41) is 3.01. The molecule has 0 unspecified atom stereocenters. The molecule has 3 heterocycles. The maximum atomic E-state index is 14.8. The Bertz CT molecular complexity index is 1040. The summed E-state index contributed by atoms with van der Waals surface area (Å²) in [6.07, 6.45) is 2.83. The minimum absolute atomic E-state index is 0.0761. The number of carbonyl (C=O) groups is 2. The molecule has 0 aromatic carbocycles. The lowest BCUT2D eigenvalue weighted by molar-refractivity contribution is -0.121. The molecule has 1 fully saturated rings. The molecule has 4 rings (SSSR count). The van der Waals surface area contributed by atoms with E-state index in [1.807, 2.05) is 0 Å². The average Bonchev–Trinajstić information content (AvgIpc) is 3.33. The summed E-state index contributed by atoms with van der Waals surface area (Å²) in [7, 11) is 0. The number of nitrogens with one attached hydrogen (secondary N) is 1. The molecule has 30 heavy (non-hydrogen) atoms. The van der Waals surface area contributed by atoms with E-state index in [2.05, 4.69) is 15.3 Å². The van der Waals surface area contributed by atoms with Gasteiger partial charge in [-0.3, -0.25) is 15.1 Å². The number of thiazole rings is 1. The van der Waals surface area contributed by atoms with Crippen molar-refractivity contribution in [1.82, 2.24) is 14.9 Å². The van der Waals surface area contributed by atoms with Gasteiger partial charge in [0.2, 0.25) is 0 Å². The number of carbonyl (C=O) groups excluding carboxylic acids is 2. The third kappa shape index (κ3) is 2.92. The van der Waals surface area contributed by atoms with Crippen LogP contribution < -0.4 is 11.1 Å². The summed E-state index contributed by atoms with van der Waals surface area (Å²) in [6, 6.07) is 0.593. The molecule has 160 valence electrons. The number of nitrogens with two attached hydrogens (primary N) is 1. The van der Waals surface area contributed by atoms with Crippen LogP contribution in [0.3, 0.4) is 0 Å². The summed E-state index contributed by atoms with van der Waals surface area (Å²) in [6.45, 7) is 5.01. The third-order valence-electron chi connectivity index (χ3n) is 5.98. The first-order chi connectivity index (χ1) is 14.1. The van der Waals surface area contributed by atoms with Gasteiger partial charge in [-0.05, 0) is 39.7 Å². The number of aromatic nitrogens is 2. The Balaban J connectivity index is 1.61. The van der Waals surface area contributed by atoms with Crippen LogP contribution in [0.2, 0.25) is 0 Å². The second kappa shape index (κ2) is 7.05. The molecule has 0 spiro atoms. The predicted octanol–water partition coefficient (Wildman–Crippen LogP) is 3.42. The van der Waals surface area contributed by atoms with Crippen LogP contribution in [0.5, 0.6) is 0 Å². The molecule has 0 saturated carbocycles. The monoisotopic (exact) mass is 435 g/mol. The van der Waals surface area contributed by atoms with Gasteiger partial charge >= 0.3 is 6.03 Å². The van der Waals surface area contributed by atoms with Gasteiger partial charge in [0.1, 0.15) is 0 Å². The summed E-state index contributed by atoms with van der Waals surface area (Å²) < 4.78 is 29.6. The van der Waals surface area contributed by atoms with Gasteiger partial charge in [0.05, 0.1) is 39.8 Å². The maximum absolute atomic E-state index is 14.8. The summed E-state index contributed by atoms with van der Waals surface area (Å²) >= 11 is 1.13. The number of nitrogens with zero attached hydrogens (tertiary/aromatic N) is 3. The topological polar surface area (TPSA) is 101 Å². The Morgan fingerprint density at radius 1 is 1.40 bits per heavy atom. The normalized spacial score (nSPS) is 21.1. The van der Waals surface area contributed by atoms with Crippen LogP contribution in [0, 0.1) is 6.92 Å². The van der Waals surface area contributed by atoms with Crippen LogP contribution in [-0.4, -0.2) is 45.8 Å². The highest BCUT2D eigenvalue weighted by Gasteiger charge is 2.63. The second-order valence-corrected chi connectivity index (χ2v) is 9.17. The van der Waals surface area contributed by atoms with Crippen molar-refractivity contribution in [3.63, 3.8) is 0 Å². The number of halogens is 2. The van der Waals surface area contributed by atoms with Crippen molar-refractivity contribution in [2.24, 2.45) is 5.73 Å². The van der Waals surface area contributed by atoms with E-state index in [1.165, 1.54) is 24.9 Å². The van der Waals surface area contributed by atoms with E-state index >= 15 is 0 Å². The molecule has 1 aliphatic heterocycles. The van der Waals surface area contributed by atoms with Crippen LogP contribution in [0.15, 0.2) is 12.3 Å². The van der Waals surface area contributed by atoms with Gasteiger partial charge in [-0.15, -0.1) is 0 Å². The number of urea groups is 1. The first-order valence-corrected chi connectivity index (χ1v) is 10.6. The zero-order valence-corrected chi connectivity index (χ0v) is 17.8. The number of amides is 2. The highest BCUT2D eigenvalue weighted by atomic mass is 32.1. The van der Waals surface area contributed by atoms with E-state index in [0.717, 1.165) is 17.8 Å². The van der Waals surface area contributed by atoms with Crippen molar-refractivity contribution in [1.29, 1.82) is 0 Å². The number of pyridine rings is 1. The summed E-state index contributed by atoms with van der Waals surface area (Å²) in [5.74, 6) is -3.18. The molecule has 10 heteroatoms. The largest absolute Gasteiger partial charge is 0.324 e. The van der Waals surface area contributed by atoms with E-state index in [9.17, 15) is 18.4 Å². The van der Waals surface area contributed by atoms with Crippen molar-refractivity contribution in [3.05, 3.63) is 29.2 Å². The number of fused-ring (bicyclic) bond motifs is 1. The molecule has 1 aliphatic carbocycles. The van der Waals surface area contributed by atoms with E-state index in [1.54, 1.807) is 13.0 Å². The number of Topliss-reactive ketones (excluding diaryl/α,β-unsaturated/α-hetero) is 1. The van der Waals surface area contributed by atoms with E-state index in [-0.39, 0.29) is 17.9 Å². The molecule has 2 aromatic rings. The minimum atomic E-state index is -3.00. The lowest BCUT2D eigenvalue weighted by Crippen LogP contribution is -2.50. The van der Waals surface area contributed by atoms with Crippen molar-refractivity contribution in [2.45, 2.75) is 51.0 Å². The van der Waals surface area contributed by atoms with Gasteiger partial charge < -0.3 is 10.6 Å². The Labute approximate surface area is 176 Å². The number of ketones is 1. The highest BCUT2D eigenvalue weighted by molar-refractivity contribution is 7.19. The molecule has 0 bridgehead atoms. The van der Waals surface area contributed by atoms with Crippen molar-refractivity contribution in [3.8, 4) is 10.4 Å². The molecule has 1 atom stereocenters. The standard InChI is InChI=1S/C20H23F2N5O2S/c1-10-15(11-6-7-24-16-14(11)20(21,22)19(16,2)3)30-17(25-10)26-18(29)27-8-4-5-12(27)13(28)9-23/h6-7,12H,4-5,8-9,23H2,1-3H3,(H,25,26,29)/t12-/m0/s1. The van der Waals surface area contributed by atoms with Crippen LogP contribution >= 0.6 is 11.3 Å². The third-order valence-corrected chi connectivity index (χ3v) is 7.09. The Morgan fingerprint density at radius 3 is 2.83 bits per heavy atom. The number of alkyl halides is 2. The number of rotatable bonds is 4. The lowest BCUT2D eigenvalue weighted by atomic mass is 9.64. The van der Waals surface area contributed by atoms with Gasteiger partial charge in [0, 0.05) is 18.3 Å². The fourth-order valence-corrected chi connectivity index (χ4v) is 5.17. The van der Waals surface area contributed by atoms with E-state index in [4.69, 9.17) is 5.73 Å². The number of likely N-dealkylation sites (tertiary alicyclic amines) is 1. The molecular weight excluding hydrogens is 412 g/mol. The first-order valence-electron chi connectivity index (χ1n) is 9.75. The molecular formula is C20H23F2N5O2S. The average molecular weight is 436 g/mol. The molecule has 1 saturated heterocycles. The van der Waals surface area contributed by atoms with Gasteiger partial charge in [-0.1, -0.05) is 11.3 Å². The number of hydrogen-bond donors (Lipinski definition) is 2. The van der Waals surface area contributed by atoms with Crippen molar-refractivity contribution >= 4 is 28.3 Å². The van der Waals surface area contributed by atoms with E-state index in [0.29, 0.717) is 39.9 Å². The molecule has 7 nitrogen and oxygen atoms in total. The SMILES string of the molecule is Cc1nc(NC(=O)N2CCC[C@H]2C(=O)CN)sc1-c1ccnc2c1C(F)(F)C2(C)C. The fourth-order valence-electron chi connectivity index (χ4n) is 4.19. The summed E-state index contributed by atoms with van der Waals surface area (Å²) in [4.78, 5) is 35.2. The Morgan fingerprint density at radius 2 is 2.13 bits per heavy atom. The Hall–Kier alpha value is -2.46. The quantitative estimate of drug-likeness (QED) is 0.766. The zero-order valence-electron chi connectivity index (χ0n) is 17.0. The molecule has 2 aliphatic rings. The van der Waals surface area contributed by atoms with Crippen LogP contribution in [-0.2, 0) is 16.1 Å².